The maximum absolute atomic E-state index is 13.4. The monoisotopic (exact) mass is 574 g/mol. The van der Waals surface area contributed by atoms with Crippen LogP contribution in [0.4, 0.5) is 0 Å². The molecule has 13 heteroatoms. The van der Waals surface area contributed by atoms with Crippen molar-refractivity contribution >= 4 is 40.6 Å². The molecular formula is C28H42N6O7. The van der Waals surface area contributed by atoms with Crippen molar-refractivity contribution in [1.82, 2.24) is 20.9 Å². The summed E-state index contributed by atoms with van der Waals surface area (Å²) < 4.78 is 0. The molecular weight excluding hydrogens is 532 g/mol. The molecule has 1 aromatic heterocycles. The second-order valence-electron chi connectivity index (χ2n) is 10.5. The first-order chi connectivity index (χ1) is 19.4. The fraction of sp³-hybridized carbons (Fsp3) is 0.536. The third-order valence-electron chi connectivity index (χ3n) is 6.64. The van der Waals surface area contributed by atoms with E-state index in [1.54, 1.807) is 6.20 Å². The molecule has 3 amide bonds. The third kappa shape index (κ3) is 10.8. The van der Waals surface area contributed by atoms with Crippen LogP contribution in [0.15, 0.2) is 30.5 Å². The number of H-pyrrole nitrogens is 1. The summed E-state index contributed by atoms with van der Waals surface area (Å²) in [5, 5.41) is 27.3. The molecule has 2 rings (SSSR count). The summed E-state index contributed by atoms with van der Waals surface area (Å²) in [5.74, 6) is -4.55. The highest BCUT2D eigenvalue weighted by Gasteiger charge is 2.31. The molecule has 4 atom stereocenters. The second kappa shape index (κ2) is 16.3. The van der Waals surface area contributed by atoms with Crippen LogP contribution in [0.5, 0.6) is 0 Å². The zero-order valence-corrected chi connectivity index (χ0v) is 23.5. The Hall–Kier alpha value is -3.97. The van der Waals surface area contributed by atoms with Crippen LogP contribution in [-0.2, 0) is 30.4 Å². The molecule has 2 aromatic rings. The van der Waals surface area contributed by atoms with Gasteiger partial charge in [-0.3, -0.25) is 19.2 Å². The maximum Gasteiger partial charge on any atom is 0.326 e. The fourth-order valence-electron chi connectivity index (χ4n) is 4.42. The van der Waals surface area contributed by atoms with E-state index in [2.05, 4.69) is 20.9 Å². The van der Waals surface area contributed by atoms with Crippen molar-refractivity contribution in [1.29, 1.82) is 0 Å². The topological polar surface area (TPSA) is 230 Å². The molecule has 0 saturated heterocycles. The molecule has 0 fully saturated rings. The molecule has 226 valence electrons. The summed E-state index contributed by atoms with van der Waals surface area (Å²) in [6.45, 7) is 4.09. The number of hydrogen-bond acceptors (Lipinski definition) is 7. The first kappa shape index (κ1) is 33.2. The second-order valence-corrected chi connectivity index (χ2v) is 10.5. The number of carboxylic acid groups (broad SMARTS) is 2. The van der Waals surface area contributed by atoms with E-state index in [1.165, 1.54) is 0 Å². The van der Waals surface area contributed by atoms with Crippen molar-refractivity contribution in [3.63, 3.8) is 0 Å². The van der Waals surface area contributed by atoms with Gasteiger partial charge in [-0.15, -0.1) is 0 Å². The van der Waals surface area contributed by atoms with Crippen LogP contribution < -0.4 is 27.4 Å². The molecule has 0 saturated carbocycles. The van der Waals surface area contributed by atoms with Crippen molar-refractivity contribution in [2.75, 3.05) is 6.54 Å². The van der Waals surface area contributed by atoms with Crippen LogP contribution in [0.2, 0.25) is 0 Å². The molecule has 0 aliphatic carbocycles. The summed E-state index contributed by atoms with van der Waals surface area (Å²) >= 11 is 0. The van der Waals surface area contributed by atoms with E-state index in [-0.39, 0.29) is 25.2 Å². The minimum Gasteiger partial charge on any atom is -0.481 e. The van der Waals surface area contributed by atoms with Crippen molar-refractivity contribution < 1.29 is 34.2 Å². The van der Waals surface area contributed by atoms with Crippen molar-refractivity contribution in [2.24, 2.45) is 17.4 Å². The van der Waals surface area contributed by atoms with Crippen LogP contribution in [0.1, 0.15) is 57.9 Å². The van der Waals surface area contributed by atoms with Crippen molar-refractivity contribution in [3.05, 3.63) is 36.0 Å². The molecule has 41 heavy (non-hydrogen) atoms. The van der Waals surface area contributed by atoms with Gasteiger partial charge in [-0.05, 0) is 49.8 Å². The molecule has 13 nitrogen and oxygen atoms in total. The molecule has 0 aliphatic heterocycles. The quantitative estimate of drug-likeness (QED) is 0.116. The number of aromatic nitrogens is 1. The van der Waals surface area contributed by atoms with Gasteiger partial charge in [-0.2, -0.15) is 0 Å². The molecule has 1 aromatic carbocycles. The number of aromatic amines is 1. The van der Waals surface area contributed by atoms with Crippen LogP contribution in [0.3, 0.4) is 0 Å². The minimum absolute atomic E-state index is 0.00774. The Morgan fingerprint density at radius 1 is 0.878 bits per heavy atom. The first-order valence-electron chi connectivity index (χ1n) is 13.8. The predicted molar refractivity (Wildman–Crippen MR) is 153 cm³/mol. The summed E-state index contributed by atoms with van der Waals surface area (Å²) in [6.07, 6.45) is 2.82. The smallest absolute Gasteiger partial charge is 0.326 e. The number of para-hydroxylation sites is 1. The van der Waals surface area contributed by atoms with Gasteiger partial charge in [-0.25, -0.2) is 4.79 Å². The van der Waals surface area contributed by atoms with Crippen LogP contribution in [0.25, 0.3) is 10.9 Å². The van der Waals surface area contributed by atoms with Crippen LogP contribution in [-0.4, -0.2) is 75.6 Å². The van der Waals surface area contributed by atoms with E-state index >= 15 is 0 Å². The zero-order valence-electron chi connectivity index (χ0n) is 23.5. The van der Waals surface area contributed by atoms with E-state index in [4.69, 9.17) is 11.5 Å². The molecule has 0 bridgehead atoms. The Kier molecular flexibility index (Phi) is 13.2. The lowest BCUT2D eigenvalue weighted by molar-refractivity contribution is -0.142. The van der Waals surface area contributed by atoms with E-state index in [0.29, 0.717) is 31.4 Å². The van der Waals surface area contributed by atoms with Gasteiger partial charge in [0.25, 0.3) is 0 Å². The number of rotatable bonds is 18. The summed E-state index contributed by atoms with van der Waals surface area (Å²) in [6, 6.07) is 2.74. The zero-order chi connectivity index (χ0) is 30.5. The molecule has 0 spiro atoms. The highest BCUT2D eigenvalue weighted by Crippen LogP contribution is 2.19. The van der Waals surface area contributed by atoms with E-state index in [0.717, 1.165) is 10.9 Å². The average Bonchev–Trinajstić information content (AvgIpc) is 3.32. The molecule has 0 radical (unpaired) electrons. The molecule has 10 N–H and O–H groups in total. The highest BCUT2D eigenvalue weighted by molar-refractivity contribution is 5.95. The standard InChI is InChI=1S/C28H42N6O7/c1-16(2)13-23(28(40)41)34-27(39)22(14-17-15-31-20-9-4-3-7-18(17)20)33-26(38)21(10-11-24(35)36)32-25(37)19(30)8-5-6-12-29/h3-4,7,9,15-16,19,21-23,31H,5-6,8,10-14,29-30H2,1-2H3,(H,32,37)(H,33,38)(H,34,39)(H,35,36)(H,40,41). The van der Waals surface area contributed by atoms with E-state index in [9.17, 15) is 34.2 Å². The van der Waals surface area contributed by atoms with Gasteiger partial charge in [0, 0.05) is 29.9 Å². The number of hydrogen-bond donors (Lipinski definition) is 8. The largest absolute Gasteiger partial charge is 0.481 e. The first-order valence-corrected chi connectivity index (χ1v) is 13.8. The number of carbonyl (C=O) groups excluding carboxylic acids is 3. The number of nitrogens with one attached hydrogen (secondary N) is 4. The van der Waals surface area contributed by atoms with Gasteiger partial charge in [0.1, 0.15) is 18.1 Å². The van der Waals surface area contributed by atoms with Crippen molar-refractivity contribution in [2.45, 2.75) is 83.0 Å². The third-order valence-corrected chi connectivity index (χ3v) is 6.64. The lowest BCUT2D eigenvalue weighted by Crippen LogP contribution is -2.57. The lowest BCUT2D eigenvalue weighted by Gasteiger charge is -2.25. The van der Waals surface area contributed by atoms with Gasteiger partial charge >= 0.3 is 11.9 Å². The minimum atomic E-state index is -1.29. The van der Waals surface area contributed by atoms with E-state index < -0.39 is 60.2 Å². The molecule has 4 unspecified atom stereocenters. The number of fused-ring (bicyclic) bond motifs is 1. The van der Waals surface area contributed by atoms with E-state index in [1.807, 2.05) is 38.1 Å². The molecule has 0 aliphatic rings. The fourth-order valence-corrected chi connectivity index (χ4v) is 4.42. The average molecular weight is 575 g/mol. The Morgan fingerprint density at radius 3 is 2.15 bits per heavy atom. The number of carboxylic acids is 2. The number of benzene rings is 1. The highest BCUT2D eigenvalue weighted by atomic mass is 16.4. The van der Waals surface area contributed by atoms with Gasteiger partial charge < -0.3 is 42.6 Å². The van der Waals surface area contributed by atoms with Crippen LogP contribution >= 0.6 is 0 Å². The summed E-state index contributed by atoms with van der Waals surface area (Å²) in [4.78, 5) is 65.7. The molecule has 1 heterocycles. The van der Waals surface area contributed by atoms with Gasteiger partial charge in [0.15, 0.2) is 0 Å². The Labute approximate surface area is 238 Å². The number of amides is 3. The SMILES string of the molecule is CC(C)CC(NC(=O)C(Cc1c[nH]c2ccccc12)NC(=O)C(CCC(=O)O)NC(=O)C(N)CCCCN)C(=O)O. The van der Waals surface area contributed by atoms with Gasteiger partial charge in [0.2, 0.25) is 17.7 Å². The maximum atomic E-state index is 13.4. The summed E-state index contributed by atoms with van der Waals surface area (Å²) in [7, 11) is 0. The van der Waals surface area contributed by atoms with Crippen molar-refractivity contribution in [3.8, 4) is 0 Å². The number of carbonyl (C=O) groups is 5. The van der Waals surface area contributed by atoms with Gasteiger partial charge in [0.05, 0.1) is 6.04 Å². The Bertz CT molecular complexity index is 1200. The van der Waals surface area contributed by atoms with Gasteiger partial charge in [-0.1, -0.05) is 38.5 Å². The number of unbranched alkanes of at least 4 members (excludes halogenated alkanes) is 1. The number of nitrogens with two attached hydrogens (primary N) is 2. The van der Waals surface area contributed by atoms with Crippen LogP contribution in [0, 0.1) is 5.92 Å². The Morgan fingerprint density at radius 2 is 1.51 bits per heavy atom. The Balaban J connectivity index is 2.30. The predicted octanol–water partition coefficient (Wildman–Crippen LogP) is 0.617. The lowest BCUT2D eigenvalue weighted by atomic mass is 10.0. The summed E-state index contributed by atoms with van der Waals surface area (Å²) in [5.41, 5.74) is 12.9. The normalized spacial score (nSPS) is 14.2. The number of aliphatic carboxylic acids is 2.